The Labute approximate surface area is 111 Å². The number of hydrogen-bond donors (Lipinski definition) is 1. The normalized spacial score (nSPS) is 10.6. The van der Waals surface area contributed by atoms with Gasteiger partial charge in [0, 0.05) is 32.7 Å². The van der Waals surface area contributed by atoms with E-state index in [0.29, 0.717) is 0 Å². The number of aryl methyl sites for hydroxylation is 1. The summed E-state index contributed by atoms with van der Waals surface area (Å²) in [6, 6.07) is 2.12. The van der Waals surface area contributed by atoms with Crippen molar-refractivity contribution in [3.05, 3.63) is 26.6 Å². The Hall–Kier alpha value is -0.460. The smallest absolute Gasteiger partial charge is 0.202 e. The Morgan fingerprint density at radius 1 is 1.50 bits per heavy atom. The van der Waals surface area contributed by atoms with Crippen LogP contribution in [0.2, 0.25) is 0 Å². The number of rotatable bonds is 5. The molecule has 2 heterocycles. The molecular weight excluding hydrogens is 306 g/mol. The molecule has 0 unspecified atom stereocenters. The molecule has 0 atom stereocenters. The standard InChI is InChI=1S/C10H12BrN3S2/c1-2-3-9-13-10(16-14-9)12-5-8-4-7(11)6-15-8/h4,6H,2-3,5H2,1H3,(H,12,13,14). The zero-order valence-corrected chi connectivity index (χ0v) is 12.1. The Bertz CT molecular complexity index is 452. The molecule has 2 aromatic heterocycles. The van der Waals surface area contributed by atoms with E-state index in [4.69, 9.17) is 0 Å². The molecule has 0 spiro atoms. The molecule has 0 bridgehead atoms. The number of nitrogens with one attached hydrogen (secondary N) is 1. The number of hydrogen-bond acceptors (Lipinski definition) is 5. The number of halogens is 1. The lowest BCUT2D eigenvalue weighted by atomic mass is 10.3. The second-order valence-corrected chi connectivity index (χ2v) is 6.01. The van der Waals surface area contributed by atoms with Gasteiger partial charge in [0.15, 0.2) is 0 Å². The highest BCUT2D eigenvalue weighted by atomic mass is 79.9. The summed E-state index contributed by atoms with van der Waals surface area (Å²) < 4.78 is 5.42. The van der Waals surface area contributed by atoms with E-state index in [0.717, 1.165) is 34.8 Å². The zero-order valence-electron chi connectivity index (χ0n) is 8.86. The Balaban J connectivity index is 1.89. The molecule has 1 N–H and O–H groups in total. The van der Waals surface area contributed by atoms with Crippen molar-refractivity contribution in [2.24, 2.45) is 0 Å². The molecule has 3 nitrogen and oxygen atoms in total. The minimum Gasteiger partial charge on any atom is -0.355 e. The lowest BCUT2D eigenvalue weighted by Crippen LogP contribution is -1.97. The van der Waals surface area contributed by atoms with Gasteiger partial charge in [0.05, 0.1) is 6.54 Å². The summed E-state index contributed by atoms with van der Waals surface area (Å²) >= 11 is 6.61. The van der Waals surface area contributed by atoms with Crippen LogP contribution in [0.25, 0.3) is 0 Å². The first kappa shape index (κ1) is 12.0. The van der Waals surface area contributed by atoms with Gasteiger partial charge >= 0.3 is 0 Å². The quantitative estimate of drug-likeness (QED) is 0.908. The molecule has 86 valence electrons. The fourth-order valence-corrected chi connectivity index (χ4v) is 3.26. The second kappa shape index (κ2) is 5.75. The van der Waals surface area contributed by atoms with E-state index in [1.54, 1.807) is 11.3 Å². The lowest BCUT2D eigenvalue weighted by Gasteiger charge is -1.97. The van der Waals surface area contributed by atoms with Crippen LogP contribution in [-0.2, 0) is 13.0 Å². The van der Waals surface area contributed by atoms with Crippen molar-refractivity contribution in [2.75, 3.05) is 5.32 Å². The van der Waals surface area contributed by atoms with Gasteiger partial charge in [-0.1, -0.05) is 6.92 Å². The van der Waals surface area contributed by atoms with Crippen LogP contribution < -0.4 is 5.32 Å². The van der Waals surface area contributed by atoms with Crippen LogP contribution in [0, 0.1) is 0 Å². The molecule has 0 aliphatic carbocycles. The van der Waals surface area contributed by atoms with Gasteiger partial charge in [-0.2, -0.15) is 4.37 Å². The van der Waals surface area contributed by atoms with Crippen molar-refractivity contribution in [3.63, 3.8) is 0 Å². The van der Waals surface area contributed by atoms with Crippen molar-refractivity contribution < 1.29 is 0 Å². The van der Waals surface area contributed by atoms with E-state index in [-0.39, 0.29) is 0 Å². The summed E-state index contributed by atoms with van der Waals surface area (Å²) in [6.07, 6.45) is 2.05. The van der Waals surface area contributed by atoms with E-state index >= 15 is 0 Å². The number of aromatic nitrogens is 2. The van der Waals surface area contributed by atoms with E-state index < -0.39 is 0 Å². The van der Waals surface area contributed by atoms with Crippen LogP contribution in [-0.4, -0.2) is 9.36 Å². The summed E-state index contributed by atoms with van der Waals surface area (Å²) in [7, 11) is 0. The molecule has 0 saturated heterocycles. The maximum absolute atomic E-state index is 4.41. The van der Waals surface area contributed by atoms with Gasteiger partial charge in [0.1, 0.15) is 5.82 Å². The molecule has 0 saturated carbocycles. The molecule has 0 aliphatic rings. The van der Waals surface area contributed by atoms with Gasteiger partial charge in [-0.05, 0) is 28.4 Å². The monoisotopic (exact) mass is 317 g/mol. The first-order valence-corrected chi connectivity index (χ1v) is 7.52. The molecule has 2 aromatic rings. The van der Waals surface area contributed by atoms with Gasteiger partial charge in [0.25, 0.3) is 0 Å². The largest absolute Gasteiger partial charge is 0.355 e. The van der Waals surface area contributed by atoms with Crippen LogP contribution in [0.15, 0.2) is 15.9 Å². The third-order valence-corrected chi connectivity index (χ3v) is 4.39. The molecule has 0 amide bonds. The molecule has 0 aromatic carbocycles. The highest BCUT2D eigenvalue weighted by Gasteiger charge is 2.03. The first-order valence-electron chi connectivity index (χ1n) is 5.07. The Kier molecular flexibility index (Phi) is 4.31. The van der Waals surface area contributed by atoms with Crippen LogP contribution in [0.3, 0.4) is 0 Å². The van der Waals surface area contributed by atoms with Crippen molar-refractivity contribution in [1.82, 2.24) is 9.36 Å². The summed E-state index contributed by atoms with van der Waals surface area (Å²) in [5, 5.41) is 6.28. The molecular formula is C10H12BrN3S2. The van der Waals surface area contributed by atoms with Crippen LogP contribution in [0.4, 0.5) is 5.13 Å². The zero-order chi connectivity index (χ0) is 11.4. The van der Waals surface area contributed by atoms with E-state index in [1.807, 2.05) is 0 Å². The van der Waals surface area contributed by atoms with Crippen molar-refractivity contribution in [1.29, 1.82) is 0 Å². The maximum Gasteiger partial charge on any atom is 0.202 e. The average Bonchev–Trinajstić information content (AvgIpc) is 2.85. The number of anilines is 1. The van der Waals surface area contributed by atoms with Crippen LogP contribution in [0.5, 0.6) is 0 Å². The third-order valence-electron chi connectivity index (χ3n) is 1.98. The number of thiophene rings is 1. The predicted octanol–water partition coefficient (Wildman–Crippen LogP) is 3.93. The van der Waals surface area contributed by atoms with E-state index in [2.05, 4.69) is 49.0 Å². The summed E-state index contributed by atoms with van der Waals surface area (Å²) in [6.45, 7) is 2.95. The van der Waals surface area contributed by atoms with Gasteiger partial charge in [0.2, 0.25) is 5.13 Å². The third kappa shape index (κ3) is 3.26. The predicted molar refractivity (Wildman–Crippen MR) is 73.2 cm³/mol. The molecule has 16 heavy (non-hydrogen) atoms. The van der Waals surface area contributed by atoms with E-state index in [1.165, 1.54) is 16.4 Å². The average molecular weight is 318 g/mol. The van der Waals surface area contributed by atoms with Crippen LogP contribution in [0.1, 0.15) is 24.0 Å². The first-order chi connectivity index (χ1) is 7.78. The van der Waals surface area contributed by atoms with Gasteiger partial charge < -0.3 is 5.32 Å². The van der Waals surface area contributed by atoms with Gasteiger partial charge in [-0.3, -0.25) is 0 Å². The highest BCUT2D eigenvalue weighted by Crippen LogP contribution is 2.21. The van der Waals surface area contributed by atoms with Crippen molar-refractivity contribution in [2.45, 2.75) is 26.3 Å². The van der Waals surface area contributed by atoms with Gasteiger partial charge in [-0.25, -0.2) is 4.98 Å². The van der Waals surface area contributed by atoms with Crippen molar-refractivity contribution in [3.8, 4) is 0 Å². The minimum absolute atomic E-state index is 0.816. The summed E-state index contributed by atoms with van der Waals surface area (Å²) in [4.78, 5) is 5.70. The molecule has 0 radical (unpaired) electrons. The minimum atomic E-state index is 0.816. The Morgan fingerprint density at radius 3 is 3.06 bits per heavy atom. The summed E-state index contributed by atoms with van der Waals surface area (Å²) in [5.41, 5.74) is 0. The lowest BCUT2D eigenvalue weighted by molar-refractivity contribution is 0.861. The second-order valence-electron chi connectivity index (χ2n) is 3.35. The fourth-order valence-electron chi connectivity index (χ4n) is 1.26. The van der Waals surface area contributed by atoms with Crippen LogP contribution >= 0.6 is 38.8 Å². The molecule has 0 aliphatic heterocycles. The van der Waals surface area contributed by atoms with Gasteiger partial charge in [-0.15, -0.1) is 11.3 Å². The molecule has 0 fully saturated rings. The van der Waals surface area contributed by atoms with E-state index in [9.17, 15) is 0 Å². The SMILES string of the molecule is CCCc1nsc(NCc2cc(Br)cs2)n1. The van der Waals surface area contributed by atoms with Crippen molar-refractivity contribution >= 4 is 43.9 Å². The number of nitrogens with zero attached hydrogens (tertiary/aromatic N) is 2. The topological polar surface area (TPSA) is 37.8 Å². The molecule has 6 heteroatoms. The fraction of sp³-hybridized carbons (Fsp3) is 0.400. The summed E-state index contributed by atoms with van der Waals surface area (Å²) in [5.74, 6) is 0.947. The Morgan fingerprint density at radius 2 is 2.38 bits per heavy atom. The molecule has 2 rings (SSSR count). The maximum atomic E-state index is 4.41. The highest BCUT2D eigenvalue weighted by molar-refractivity contribution is 9.10.